The minimum Gasteiger partial charge on any atom is -0.461 e. The molecule has 12 nitrogen and oxygen atoms in total. The third kappa shape index (κ3) is 8.66. The maximum Gasteiger partial charge on any atom is 0.530 e. The number of pyridine rings is 1. The fourth-order valence-corrected chi connectivity index (χ4v) is 9.35. The van der Waals surface area contributed by atoms with Gasteiger partial charge in [0.25, 0.3) is 0 Å². The number of nitrogens with one attached hydrogen (secondary N) is 1. The number of fused-ring (bicyclic) bond motifs is 2. The van der Waals surface area contributed by atoms with E-state index in [1.807, 2.05) is 11.8 Å². The number of likely N-dealkylation sites (tertiary alicyclic amines) is 1. The molecule has 2 aromatic heterocycles. The highest BCUT2D eigenvalue weighted by atomic mass is 31.2. The lowest BCUT2D eigenvalue weighted by Gasteiger charge is -2.38. The number of alkyl halides is 1. The van der Waals surface area contributed by atoms with Gasteiger partial charge in [-0.15, -0.1) is 6.42 Å². The smallest absolute Gasteiger partial charge is 0.461 e. The van der Waals surface area contributed by atoms with Crippen molar-refractivity contribution in [3.8, 4) is 35.4 Å². The van der Waals surface area contributed by atoms with Crippen LogP contribution in [0.3, 0.4) is 0 Å². The molecule has 3 heterocycles. The molecule has 0 radical (unpaired) electrons. The van der Waals surface area contributed by atoms with Crippen LogP contribution in [0.5, 0.6) is 11.8 Å². The van der Waals surface area contributed by atoms with E-state index in [1.165, 1.54) is 36.5 Å². The van der Waals surface area contributed by atoms with Crippen molar-refractivity contribution in [3.63, 3.8) is 0 Å². The number of amides is 1. The monoisotopic (exact) mass is 822 g/mol. The number of halogens is 3. The van der Waals surface area contributed by atoms with Crippen LogP contribution in [0.1, 0.15) is 72.3 Å². The summed E-state index contributed by atoms with van der Waals surface area (Å²) in [6.07, 6.45) is 9.76. The summed E-state index contributed by atoms with van der Waals surface area (Å²) in [4.78, 5) is 30.0. The predicted octanol–water partition coefficient (Wildman–Crippen LogP) is 8.62. The van der Waals surface area contributed by atoms with Crippen LogP contribution in [0.15, 0.2) is 43.1 Å². The van der Waals surface area contributed by atoms with E-state index in [0.29, 0.717) is 18.2 Å². The highest BCUT2D eigenvalue weighted by Gasteiger charge is 2.42. The van der Waals surface area contributed by atoms with Gasteiger partial charge in [-0.2, -0.15) is 9.97 Å². The first kappa shape index (κ1) is 42.9. The summed E-state index contributed by atoms with van der Waals surface area (Å²) in [5.74, 6) is 0.625. The zero-order chi connectivity index (χ0) is 42.2. The van der Waals surface area contributed by atoms with Gasteiger partial charge in [0.05, 0.1) is 34.2 Å². The number of rotatable bonds is 15. The topological polar surface area (TPSA) is 128 Å². The molecule has 4 aromatic rings. The summed E-state index contributed by atoms with van der Waals surface area (Å²) >= 11 is 0. The van der Waals surface area contributed by atoms with Gasteiger partial charge in [-0.3, -0.25) is 23.7 Å². The van der Waals surface area contributed by atoms with Crippen LogP contribution in [0.25, 0.3) is 32.9 Å². The predicted molar refractivity (Wildman–Crippen MR) is 218 cm³/mol. The highest BCUT2D eigenvalue weighted by Crippen LogP contribution is 2.53. The van der Waals surface area contributed by atoms with Crippen molar-refractivity contribution >= 4 is 41.2 Å². The number of ether oxygens (including phenoxy) is 1. The van der Waals surface area contributed by atoms with Crippen molar-refractivity contribution in [1.82, 2.24) is 24.8 Å². The van der Waals surface area contributed by atoms with Crippen molar-refractivity contribution in [3.05, 3.63) is 60.3 Å². The van der Waals surface area contributed by atoms with Gasteiger partial charge >= 0.3 is 13.8 Å². The number of hydrogen-bond acceptors (Lipinski definition) is 11. The molecule has 0 spiro atoms. The van der Waals surface area contributed by atoms with Gasteiger partial charge in [-0.25, -0.2) is 17.7 Å². The van der Waals surface area contributed by atoms with E-state index in [9.17, 15) is 13.8 Å². The van der Waals surface area contributed by atoms with Crippen LogP contribution in [0.2, 0.25) is 0 Å². The maximum absolute atomic E-state index is 17.4. The fourth-order valence-electron chi connectivity index (χ4n) is 7.82. The third-order valence-corrected chi connectivity index (χ3v) is 12.7. The number of hydrogen-bond donors (Lipinski definition) is 1. The minimum absolute atomic E-state index is 0.000713. The Morgan fingerprint density at radius 1 is 1.17 bits per heavy atom. The Kier molecular flexibility index (Phi) is 12.5. The van der Waals surface area contributed by atoms with Crippen molar-refractivity contribution in [1.29, 1.82) is 0 Å². The summed E-state index contributed by atoms with van der Waals surface area (Å²) in [5, 5.41) is 4.00. The van der Waals surface area contributed by atoms with Crippen molar-refractivity contribution in [2.75, 3.05) is 39.1 Å². The van der Waals surface area contributed by atoms with E-state index >= 15 is 8.78 Å². The van der Waals surface area contributed by atoms with E-state index in [2.05, 4.69) is 32.8 Å². The normalized spacial score (nSPS) is 19.5. The Labute approximate surface area is 337 Å². The van der Waals surface area contributed by atoms with Gasteiger partial charge in [0, 0.05) is 43.7 Å². The molecule has 2 aromatic carbocycles. The quantitative estimate of drug-likeness (QED) is 0.0703. The van der Waals surface area contributed by atoms with Crippen molar-refractivity contribution < 1.29 is 40.8 Å². The van der Waals surface area contributed by atoms with E-state index < -0.39 is 48.9 Å². The molecule has 310 valence electrons. The van der Waals surface area contributed by atoms with Gasteiger partial charge < -0.3 is 19.5 Å². The summed E-state index contributed by atoms with van der Waals surface area (Å²) < 4.78 is 84.2. The first-order chi connectivity index (χ1) is 27.4. The number of benzene rings is 2. The van der Waals surface area contributed by atoms with Gasteiger partial charge in [0.15, 0.2) is 5.82 Å². The number of terminal acetylenes is 1. The lowest BCUT2D eigenvalue weighted by Crippen LogP contribution is -2.51. The molecular weight excluding hydrogens is 772 g/mol. The van der Waals surface area contributed by atoms with Crippen molar-refractivity contribution in [2.24, 2.45) is 0 Å². The van der Waals surface area contributed by atoms with E-state index in [-0.39, 0.29) is 82.7 Å². The number of nitrogens with zero attached hydrogens (tertiary/aromatic N) is 5. The number of likely N-dealkylation sites (N-methyl/N-ethyl adjacent to an activating group) is 2. The van der Waals surface area contributed by atoms with Crippen LogP contribution in [0, 0.1) is 24.0 Å². The highest BCUT2D eigenvalue weighted by molar-refractivity contribution is 7.49. The summed E-state index contributed by atoms with van der Waals surface area (Å²) in [6, 6.07) is 5.24. The molecule has 2 aliphatic rings. The van der Waals surface area contributed by atoms with Crippen molar-refractivity contribution in [2.45, 2.75) is 96.2 Å². The number of carbonyl (C=O) groups excluding carboxylic acids is 1. The molecule has 16 heteroatoms. The molecule has 1 amide bonds. The molecule has 58 heavy (non-hydrogen) atoms. The lowest BCUT2D eigenvalue weighted by atomic mass is 9.95. The van der Waals surface area contributed by atoms with E-state index in [0.717, 1.165) is 12.8 Å². The SMILES string of the molecule is C#Cc1c(F)ccc2cc(OP(=O)(OC(C)C)OC(C)C)cc(-c3ncc4c(NCC5(N(C)C(=O)C=C)CCCC5)nc(OC[C@]5(C)C[C@@H](F)CN5C)nc4c3F)c12. The molecule has 1 N–H and O–H groups in total. The molecule has 2 atom stereocenters. The summed E-state index contributed by atoms with van der Waals surface area (Å²) in [6.45, 7) is 12.7. The van der Waals surface area contributed by atoms with E-state index in [1.54, 1.807) is 46.7 Å². The molecule has 1 aliphatic heterocycles. The van der Waals surface area contributed by atoms with Crippen LogP contribution >= 0.6 is 7.82 Å². The zero-order valence-electron chi connectivity index (χ0n) is 33.9. The summed E-state index contributed by atoms with van der Waals surface area (Å²) in [5.41, 5.74) is -1.90. The largest absolute Gasteiger partial charge is 0.530 e. The standard InChI is InChI=1S/C42H50F3N6O6P/c1-10-30-33(44)15-14-27-18-29(57-58(53,55-25(3)4)56-26(5)6)19-31(35(27)30)37-36(45)38-32(21-46-37)39(47-23-42(16-12-13-17-42)51(9)34(52)11-2)49-40(48-38)54-24-41(7)20-28(43)22-50(41)8/h1,11,14-15,18-19,21,25-26,28H,2,12-13,16-17,20,22-24H2,3-9H3,(H,47,48,49)/t28-,41+/m1/s1. The Bertz CT molecular complexity index is 2300. The molecule has 0 unspecified atom stereocenters. The minimum atomic E-state index is -4.24. The average Bonchev–Trinajstić information content (AvgIpc) is 3.74. The summed E-state index contributed by atoms with van der Waals surface area (Å²) in [7, 11) is -0.706. The number of phosphoric acid groups is 1. The number of aromatic nitrogens is 3. The Balaban J connectivity index is 1.52. The lowest BCUT2D eigenvalue weighted by molar-refractivity contribution is -0.129. The van der Waals surface area contributed by atoms with Gasteiger partial charge in [0.2, 0.25) is 5.91 Å². The molecule has 1 saturated heterocycles. The first-order valence-electron chi connectivity index (χ1n) is 19.3. The number of anilines is 1. The van der Waals surface area contributed by atoms with Gasteiger partial charge in [-0.05, 0) is 84.2 Å². The molecule has 1 aliphatic carbocycles. The average molecular weight is 823 g/mol. The molecule has 6 rings (SSSR count). The molecular formula is C42H50F3N6O6P. The fraction of sp³-hybridized carbons (Fsp3) is 0.476. The number of phosphoric ester groups is 1. The Hall–Kier alpha value is -4.74. The molecule has 0 bridgehead atoms. The molecule has 2 fully saturated rings. The third-order valence-electron chi connectivity index (χ3n) is 10.9. The second kappa shape index (κ2) is 16.9. The molecule has 1 saturated carbocycles. The second-order valence-corrected chi connectivity index (χ2v) is 17.4. The van der Waals surface area contributed by atoms with Gasteiger partial charge in [0.1, 0.15) is 41.4 Å². The Morgan fingerprint density at radius 3 is 2.47 bits per heavy atom. The van der Waals surface area contributed by atoms with Crippen LogP contribution < -0.4 is 14.6 Å². The number of carbonyl (C=O) groups is 1. The first-order valence-corrected chi connectivity index (χ1v) is 20.8. The van der Waals surface area contributed by atoms with Gasteiger partial charge in [-0.1, -0.05) is 31.4 Å². The maximum atomic E-state index is 17.4. The van der Waals surface area contributed by atoms with E-state index in [4.69, 9.17) is 24.7 Å². The van der Waals surface area contributed by atoms with Crippen LogP contribution in [-0.2, 0) is 18.4 Å². The second-order valence-electron chi connectivity index (χ2n) is 15.9. The Morgan fingerprint density at radius 2 is 1.86 bits per heavy atom. The van der Waals surface area contributed by atoms with Crippen LogP contribution in [0.4, 0.5) is 19.0 Å². The van der Waals surface area contributed by atoms with Crippen LogP contribution in [-0.4, -0.2) is 93.9 Å². The zero-order valence-corrected chi connectivity index (χ0v) is 34.8.